The fourth-order valence-corrected chi connectivity index (χ4v) is 1.79. The molecule has 3 nitrogen and oxygen atoms in total. The largest absolute Gasteiger partial charge is 0.417 e. The second-order valence-electron chi connectivity index (χ2n) is 4.24. The Morgan fingerprint density at radius 2 is 1.71 bits per heavy atom. The maximum Gasteiger partial charge on any atom is 0.417 e. The molecule has 0 fully saturated rings. The summed E-state index contributed by atoms with van der Waals surface area (Å²) in [4.78, 5) is 22.6. The molecule has 0 atom stereocenters. The molecule has 1 amide bonds. The van der Waals surface area contributed by atoms with E-state index in [2.05, 4.69) is 5.32 Å². The second-order valence-corrected chi connectivity index (χ2v) is 4.24. The molecule has 0 bridgehead atoms. The highest BCUT2D eigenvalue weighted by molar-refractivity contribution is 6.05. The van der Waals surface area contributed by atoms with Gasteiger partial charge in [0.1, 0.15) is 6.29 Å². The number of benzene rings is 2. The third-order valence-electron chi connectivity index (χ3n) is 2.76. The van der Waals surface area contributed by atoms with E-state index in [4.69, 9.17) is 0 Å². The third-order valence-corrected chi connectivity index (χ3v) is 2.76. The van der Waals surface area contributed by atoms with E-state index in [0.29, 0.717) is 18.0 Å². The lowest BCUT2D eigenvalue weighted by Gasteiger charge is -2.13. The number of alkyl halides is 3. The first kappa shape index (κ1) is 14.8. The summed E-state index contributed by atoms with van der Waals surface area (Å²) >= 11 is 0. The highest BCUT2D eigenvalue weighted by Crippen LogP contribution is 2.33. The molecule has 6 heteroatoms. The molecule has 0 radical (unpaired) electrons. The smallest absolute Gasteiger partial charge is 0.322 e. The van der Waals surface area contributed by atoms with Gasteiger partial charge >= 0.3 is 6.18 Å². The first-order chi connectivity index (χ1) is 9.91. The van der Waals surface area contributed by atoms with Crippen LogP contribution in [0.2, 0.25) is 0 Å². The number of hydrogen-bond acceptors (Lipinski definition) is 2. The summed E-state index contributed by atoms with van der Waals surface area (Å²) in [7, 11) is 0. The molecule has 2 rings (SSSR count). The Hall–Kier alpha value is -2.63. The molecule has 108 valence electrons. The van der Waals surface area contributed by atoms with Crippen molar-refractivity contribution in [2.75, 3.05) is 5.32 Å². The van der Waals surface area contributed by atoms with Crippen molar-refractivity contribution in [1.82, 2.24) is 0 Å². The minimum absolute atomic E-state index is 0.140. The average Bonchev–Trinajstić information content (AvgIpc) is 2.46. The van der Waals surface area contributed by atoms with Crippen LogP contribution in [-0.2, 0) is 6.18 Å². The third kappa shape index (κ3) is 3.47. The van der Waals surface area contributed by atoms with Crippen LogP contribution in [0.3, 0.4) is 0 Å². The number of carbonyl (C=O) groups is 2. The van der Waals surface area contributed by atoms with Crippen LogP contribution in [-0.4, -0.2) is 12.2 Å². The SMILES string of the molecule is O=Cc1ccc(C(=O)Nc2ccccc2)c(C(F)(F)F)c1. The molecule has 0 saturated carbocycles. The first-order valence-electron chi connectivity index (χ1n) is 5.94. The molecule has 0 unspecified atom stereocenters. The van der Waals surface area contributed by atoms with Crippen molar-refractivity contribution in [3.8, 4) is 0 Å². The number of hydrogen-bond donors (Lipinski definition) is 1. The summed E-state index contributed by atoms with van der Waals surface area (Å²) in [6.45, 7) is 0. The van der Waals surface area contributed by atoms with Gasteiger partial charge in [0.05, 0.1) is 11.1 Å². The monoisotopic (exact) mass is 293 g/mol. The van der Waals surface area contributed by atoms with Crippen molar-refractivity contribution in [3.05, 3.63) is 65.2 Å². The molecular formula is C15H10F3NO2. The van der Waals surface area contributed by atoms with Crippen molar-refractivity contribution in [1.29, 1.82) is 0 Å². The minimum atomic E-state index is -4.72. The van der Waals surface area contributed by atoms with E-state index < -0.39 is 23.2 Å². The van der Waals surface area contributed by atoms with Crippen LogP contribution in [0.5, 0.6) is 0 Å². The summed E-state index contributed by atoms with van der Waals surface area (Å²) in [5, 5.41) is 2.38. The number of anilines is 1. The summed E-state index contributed by atoms with van der Waals surface area (Å²) < 4.78 is 38.9. The van der Waals surface area contributed by atoms with Gasteiger partial charge in [0.25, 0.3) is 5.91 Å². The van der Waals surface area contributed by atoms with E-state index in [1.807, 2.05) is 0 Å². The van der Waals surface area contributed by atoms with E-state index in [1.165, 1.54) is 6.07 Å². The van der Waals surface area contributed by atoms with E-state index >= 15 is 0 Å². The topological polar surface area (TPSA) is 46.2 Å². The van der Waals surface area contributed by atoms with Crippen molar-refractivity contribution in [3.63, 3.8) is 0 Å². The lowest BCUT2D eigenvalue weighted by atomic mass is 10.0. The molecule has 0 spiro atoms. The molecule has 2 aromatic rings. The molecule has 21 heavy (non-hydrogen) atoms. The van der Waals surface area contributed by atoms with Gasteiger partial charge in [-0.2, -0.15) is 13.2 Å². The van der Waals surface area contributed by atoms with E-state index in [9.17, 15) is 22.8 Å². The van der Waals surface area contributed by atoms with Crippen LogP contribution in [0.4, 0.5) is 18.9 Å². The van der Waals surface area contributed by atoms with Gasteiger partial charge in [-0.05, 0) is 24.3 Å². The Morgan fingerprint density at radius 3 is 2.29 bits per heavy atom. The lowest BCUT2D eigenvalue weighted by molar-refractivity contribution is -0.137. The van der Waals surface area contributed by atoms with Crippen molar-refractivity contribution in [2.45, 2.75) is 6.18 Å². The Morgan fingerprint density at radius 1 is 1.05 bits per heavy atom. The number of para-hydroxylation sites is 1. The molecule has 0 heterocycles. The summed E-state index contributed by atoms with van der Waals surface area (Å²) in [6.07, 6.45) is -4.42. The van der Waals surface area contributed by atoms with Gasteiger partial charge in [0, 0.05) is 11.3 Å². The zero-order valence-corrected chi connectivity index (χ0v) is 10.6. The van der Waals surface area contributed by atoms with Crippen LogP contribution in [0, 0.1) is 0 Å². The molecule has 1 N–H and O–H groups in total. The predicted octanol–water partition coefficient (Wildman–Crippen LogP) is 3.77. The number of rotatable bonds is 3. The molecule has 0 aliphatic rings. The predicted molar refractivity (Wildman–Crippen MR) is 71.2 cm³/mol. The average molecular weight is 293 g/mol. The molecule has 2 aromatic carbocycles. The number of carbonyl (C=O) groups excluding carboxylic acids is 2. The second kappa shape index (κ2) is 5.78. The van der Waals surface area contributed by atoms with E-state index in [0.717, 1.165) is 6.07 Å². The fraction of sp³-hybridized carbons (Fsp3) is 0.0667. The van der Waals surface area contributed by atoms with Gasteiger partial charge in [-0.1, -0.05) is 24.3 Å². The Balaban J connectivity index is 2.39. The highest BCUT2D eigenvalue weighted by Gasteiger charge is 2.35. The number of halogens is 3. The summed E-state index contributed by atoms with van der Waals surface area (Å²) in [5.41, 5.74) is -1.42. The summed E-state index contributed by atoms with van der Waals surface area (Å²) in [5.74, 6) is -0.883. The van der Waals surface area contributed by atoms with Crippen molar-refractivity contribution >= 4 is 17.9 Å². The Bertz CT molecular complexity index is 666. The molecule has 0 saturated heterocycles. The summed E-state index contributed by atoms with van der Waals surface area (Å²) in [6, 6.07) is 11.0. The highest BCUT2D eigenvalue weighted by atomic mass is 19.4. The number of aldehydes is 1. The van der Waals surface area contributed by atoms with Crippen LogP contribution in [0.15, 0.2) is 48.5 Å². The van der Waals surface area contributed by atoms with Crippen LogP contribution in [0.1, 0.15) is 26.3 Å². The van der Waals surface area contributed by atoms with Crippen LogP contribution < -0.4 is 5.32 Å². The number of nitrogens with one attached hydrogen (secondary N) is 1. The maximum atomic E-state index is 13.0. The standard InChI is InChI=1S/C15H10F3NO2/c16-15(17,18)13-8-10(9-20)6-7-12(13)14(21)19-11-4-2-1-3-5-11/h1-9H,(H,19,21). The van der Waals surface area contributed by atoms with Gasteiger partial charge in [-0.15, -0.1) is 0 Å². The van der Waals surface area contributed by atoms with Gasteiger partial charge in [-0.25, -0.2) is 0 Å². The maximum absolute atomic E-state index is 13.0. The minimum Gasteiger partial charge on any atom is -0.322 e. The van der Waals surface area contributed by atoms with Crippen molar-refractivity contribution in [2.24, 2.45) is 0 Å². The quantitative estimate of drug-likeness (QED) is 0.876. The first-order valence-corrected chi connectivity index (χ1v) is 5.94. The van der Waals surface area contributed by atoms with Crippen molar-refractivity contribution < 1.29 is 22.8 Å². The van der Waals surface area contributed by atoms with E-state index in [1.54, 1.807) is 30.3 Å². The van der Waals surface area contributed by atoms with Crippen LogP contribution >= 0.6 is 0 Å². The Kier molecular flexibility index (Phi) is 4.07. The fourth-order valence-electron chi connectivity index (χ4n) is 1.79. The van der Waals surface area contributed by atoms with Gasteiger partial charge < -0.3 is 5.32 Å². The molecular weight excluding hydrogens is 283 g/mol. The van der Waals surface area contributed by atoms with E-state index in [-0.39, 0.29) is 5.56 Å². The molecule has 0 aliphatic heterocycles. The van der Waals surface area contributed by atoms with Gasteiger partial charge in [-0.3, -0.25) is 9.59 Å². The normalized spacial score (nSPS) is 11.0. The zero-order chi connectivity index (χ0) is 15.5. The Labute approximate surface area is 118 Å². The number of amides is 1. The zero-order valence-electron chi connectivity index (χ0n) is 10.6. The molecule has 0 aromatic heterocycles. The lowest BCUT2D eigenvalue weighted by Crippen LogP contribution is -2.19. The van der Waals surface area contributed by atoms with Gasteiger partial charge in [0.2, 0.25) is 0 Å². The van der Waals surface area contributed by atoms with Gasteiger partial charge in [0.15, 0.2) is 0 Å². The van der Waals surface area contributed by atoms with Crippen LogP contribution in [0.25, 0.3) is 0 Å². The molecule has 0 aliphatic carbocycles.